The fourth-order valence-corrected chi connectivity index (χ4v) is 6.98. The molecule has 1 N–H and O–H groups in total. The van der Waals surface area contributed by atoms with E-state index >= 15 is 0 Å². The molecule has 0 radical (unpaired) electrons. The molecule has 1 atom stereocenters. The Balaban J connectivity index is 1.39. The SMILES string of the molecule is C1=CC2=C(CC1)C1(c3ccccc32)c2ccccc2-c2ccc(Nc3cccc4ccccc34)cc21. The van der Waals surface area contributed by atoms with E-state index in [1.54, 1.807) is 5.57 Å². The zero-order valence-corrected chi connectivity index (χ0v) is 20.0. The lowest BCUT2D eigenvalue weighted by molar-refractivity contribution is 0.714. The molecule has 0 fully saturated rings. The summed E-state index contributed by atoms with van der Waals surface area (Å²) in [5.74, 6) is 0. The highest BCUT2D eigenvalue weighted by atomic mass is 14.9. The van der Waals surface area contributed by atoms with Crippen LogP contribution in [-0.4, -0.2) is 0 Å². The molecule has 0 saturated carbocycles. The molecule has 3 aliphatic carbocycles. The average Bonchev–Trinajstić information content (AvgIpc) is 3.40. The standard InChI is InChI=1S/C35H25N/c1-2-12-25-23(10-1)11-9-19-34(25)36-24-20-21-29-28-15-5-8-18-32(28)35(33(29)22-24)30-16-6-3-13-26(30)27-14-4-7-17-31(27)35/h1-6,8-16,18-22,36H,7,17H2. The Morgan fingerprint density at radius 3 is 2.25 bits per heavy atom. The van der Waals surface area contributed by atoms with E-state index in [2.05, 4.69) is 127 Å². The van der Waals surface area contributed by atoms with Crippen LogP contribution in [0.4, 0.5) is 11.4 Å². The lowest BCUT2D eigenvalue weighted by Gasteiger charge is -2.33. The molecule has 3 aliphatic rings. The number of hydrogen-bond donors (Lipinski definition) is 1. The molecule has 0 heterocycles. The number of nitrogens with one attached hydrogen (secondary N) is 1. The Kier molecular flexibility index (Phi) is 4.05. The van der Waals surface area contributed by atoms with Gasteiger partial charge in [-0.25, -0.2) is 0 Å². The van der Waals surface area contributed by atoms with Crippen molar-refractivity contribution < 1.29 is 0 Å². The lowest BCUT2D eigenvalue weighted by Crippen LogP contribution is -2.27. The van der Waals surface area contributed by atoms with E-state index in [1.807, 2.05) is 0 Å². The highest BCUT2D eigenvalue weighted by Crippen LogP contribution is 2.63. The summed E-state index contributed by atoms with van der Waals surface area (Å²) in [4.78, 5) is 0. The second-order valence-electron chi connectivity index (χ2n) is 10.1. The summed E-state index contributed by atoms with van der Waals surface area (Å²) in [6.07, 6.45) is 6.90. The molecule has 0 amide bonds. The van der Waals surface area contributed by atoms with Gasteiger partial charge < -0.3 is 5.32 Å². The van der Waals surface area contributed by atoms with Crippen molar-refractivity contribution in [2.24, 2.45) is 0 Å². The van der Waals surface area contributed by atoms with Gasteiger partial charge in [-0.1, -0.05) is 103 Å². The van der Waals surface area contributed by atoms with Crippen molar-refractivity contribution in [1.82, 2.24) is 0 Å². The second kappa shape index (κ2) is 7.32. The third-order valence-corrected chi connectivity index (χ3v) is 8.36. The van der Waals surface area contributed by atoms with Gasteiger partial charge >= 0.3 is 0 Å². The van der Waals surface area contributed by atoms with E-state index in [1.165, 1.54) is 49.7 Å². The summed E-state index contributed by atoms with van der Waals surface area (Å²) in [5.41, 5.74) is 13.4. The molecule has 5 aromatic carbocycles. The number of anilines is 2. The first-order chi connectivity index (χ1) is 17.9. The average molecular weight is 460 g/mol. The van der Waals surface area contributed by atoms with Crippen LogP contribution in [-0.2, 0) is 5.41 Å². The van der Waals surface area contributed by atoms with Crippen LogP contribution in [0.5, 0.6) is 0 Å². The summed E-state index contributed by atoms with van der Waals surface area (Å²) in [6.45, 7) is 0. The maximum Gasteiger partial charge on any atom is 0.0689 e. The number of fused-ring (bicyclic) bond motifs is 10. The van der Waals surface area contributed by atoms with Gasteiger partial charge in [-0.05, 0) is 81.0 Å². The Morgan fingerprint density at radius 1 is 0.611 bits per heavy atom. The summed E-state index contributed by atoms with van der Waals surface area (Å²) < 4.78 is 0. The van der Waals surface area contributed by atoms with E-state index in [0.29, 0.717) is 0 Å². The van der Waals surface area contributed by atoms with Crippen LogP contribution in [0.15, 0.2) is 127 Å². The Hall–Kier alpha value is -4.36. The minimum atomic E-state index is -0.223. The van der Waals surface area contributed by atoms with E-state index in [0.717, 1.165) is 24.2 Å². The van der Waals surface area contributed by atoms with Crippen molar-refractivity contribution in [3.05, 3.63) is 149 Å². The summed E-state index contributed by atoms with van der Waals surface area (Å²) in [6, 6.07) is 40.2. The van der Waals surface area contributed by atoms with Gasteiger partial charge in [0.15, 0.2) is 0 Å². The van der Waals surface area contributed by atoms with Crippen molar-refractivity contribution in [3.8, 4) is 11.1 Å². The molecule has 0 aliphatic heterocycles. The summed E-state index contributed by atoms with van der Waals surface area (Å²) >= 11 is 0. The molecule has 0 aromatic heterocycles. The van der Waals surface area contributed by atoms with E-state index in [4.69, 9.17) is 0 Å². The maximum atomic E-state index is 3.78. The van der Waals surface area contributed by atoms with Gasteiger partial charge in [0.25, 0.3) is 0 Å². The van der Waals surface area contributed by atoms with Gasteiger partial charge in [-0.15, -0.1) is 0 Å². The van der Waals surface area contributed by atoms with Crippen molar-refractivity contribution in [2.45, 2.75) is 18.3 Å². The molecule has 1 spiro atoms. The molecule has 0 bridgehead atoms. The van der Waals surface area contributed by atoms with Gasteiger partial charge in [0.2, 0.25) is 0 Å². The zero-order valence-electron chi connectivity index (χ0n) is 20.0. The number of rotatable bonds is 2. The third-order valence-electron chi connectivity index (χ3n) is 8.36. The molecular formula is C35H25N. The quantitative estimate of drug-likeness (QED) is 0.278. The molecule has 1 nitrogen and oxygen atoms in total. The molecule has 0 saturated heterocycles. The summed E-state index contributed by atoms with van der Waals surface area (Å²) in [7, 11) is 0. The van der Waals surface area contributed by atoms with Gasteiger partial charge in [-0.3, -0.25) is 0 Å². The minimum absolute atomic E-state index is 0.223. The van der Waals surface area contributed by atoms with Gasteiger partial charge in [-0.2, -0.15) is 0 Å². The van der Waals surface area contributed by atoms with Crippen LogP contribution in [0.3, 0.4) is 0 Å². The van der Waals surface area contributed by atoms with E-state index in [-0.39, 0.29) is 5.41 Å². The smallest absolute Gasteiger partial charge is 0.0689 e. The van der Waals surface area contributed by atoms with Crippen molar-refractivity contribution in [1.29, 1.82) is 0 Å². The monoisotopic (exact) mass is 459 g/mol. The van der Waals surface area contributed by atoms with Crippen molar-refractivity contribution in [2.75, 3.05) is 5.32 Å². The predicted molar refractivity (Wildman–Crippen MR) is 151 cm³/mol. The van der Waals surface area contributed by atoms with Crippen LogP contribution >= 0.6 is 0 Å². The highest BCUT2D eigenvalue weighted by Gasteiger charge is 2.52. The third kappa shape index (κ3) is 2.50. The fourth-order valence-electron chi connectivity index (χ4n) is 6.98. The molecular weight excluding hydrogens is 434 g/mol. The zero-order chi connectivity index (χ0) is 23.7. The first-order valence-electron chi connectivity index (χ1n) is 12.8. The predicted octanol–water partition coefficient (Wildman–Crippen LogP) is 9.02. The molecule has 8 rings (SSSR count). The number of allylic oxidation sites excluding steroid dienone is 4. The van der Waals surface area contributed by atoms with Crippen LogP contribution in [0.1, 0.15) is 35.1 Å². The normalized spacial score (nSPS) is 18.8. The van der Waals surface area contributed by atoms with Crippen molar-refractivity contribution in [3.63, 3.8) is 0 Å². The van der Waals surface area contributed by atoms with Gasteiger partial charge in [0, 0.05) is 16.8 Å². The first-order valence-corrected chi connectivity index (χ1v) is 12.8. The Labute approximate surface area is 211 Å². The number of hydrogen-bond acceptors (Lipinski definition) is 1. The molecule has 36 heavy (non-hydrogen) atoms. The topological polar surface area (TPSA) is 12.0 Å². The molecule has 170 valence electrons. The molecule has 1 unspecified atom stereocenters. The van der Waals surface area contributed by atoms with Crippen LogP contribution in [0, 0.1) is 0 Å². The minimum Gasteiger partial charge on any atom is -0.355 e. The second-order valence-corrected chi connectivity index (χ2v) is 10.1. The maximum absolute atomic E-state index is 3.78. The lowest BCUT2D eigenvalue weighted by atomic mass is 9.68. The van der Waals surface area contributed by atoms with E-state index < -0.39 is 0 Å². The summed E-state index contributed by atoms with van der Waals surface area (Å²) in [5, 5.41) is 6.27. The van der Waals surface area contributed by atoms with Crippen LogP contribution in [0.2, 0.25) is 0 Å². The number of benzene rings is 5. The van der Waals surface area contributed by atoms with Gasteiger partial charge in [0.1, 0.15) is 0 Å². The van der Waals surface area contributed by atoms with Gasteiger partial charge in [0.05, 0.1) is 5.41 Å². The molecule has 1 heteroatoms. The molecule has 5 aromatic rings. The van der Waals surface area contributed by atoms with Crippen LogP contribution < -0.4 is 5.32 Å². The van der Waals surface area contributed by atoms with E-state index in [9.17, 15) is 0 Å². The Bertz CT molecular complexity index is 1760. The van der Waals surface area contributed by atoms with Crippen LogP contribution in [0.25, 0.3) is 27.5 Å². The fraction of sp³-hybridized carbons (Fsp3) is 0.0857. The van der Waals surface area contributed by atoms with Crippen molar-refractivity contribution >= 4 is 27.7 Å². The highest BCUT2D eigenvalue weighted by molar-refractivity contribution is 5.99. The largest absolute Gasteiger partial charge is 0.355 e. The Morgan fingerprint density at radius 2 is 1.33 bits per heavy atom. The first kappa shape index (κ1) is 19.9.